The Bertz CT molecular complexity index is 583. The van der Waals surface area contributed by atoms with Crippen LogP contribution in [0.15, 0.2) is 12.4 Å². The van der Waals surface area contributed by atoms with Gasteiger partial charge in [0.1, 0.15) is 12.1 Å². The molecule has 0 N–H and O–H groups in total. The average Bonchev–Trinajstić information content (AvgIpc) is 2.64. The SMILES string of the molecule is CCc1cc(N2CCN(CC3CCC(=O)N(C(C)C)C3)CC2)ncn1. The predicted octanol–water partition coefficient (Wildman–Crippen LogP) is 1.81. The van der Waals surface area contributed by atoms with Crippen molar-refractivity contribution < 1.29 is 4.79 Å². The van der Waals surface area contributed by atoms with E-state index in [1.54, 1.807) is 6.33 Å². The second-order valence-corrected chi connectivity index (χ2v) is 7.55. The van der Waals surface area contributed by atoms with Crippen molar-refractivity contribution in [1.29, 1.82) is 0 Å². The minimum atomic E-state index is 0.317. The van der Waals surface area contributed by atoms with E-state index in [0.29, 0.717) is 24.3 Å². The summed E-state index contributed by atoms with van der Waals surface area (Å²) in [5.74, 6) is 1.99. The summed E-state index contributed by atoms with van der Waals surface area (Å²) in [4.78, 5) is 27.7. The number of likely N-dealkylation sites (tertiary alicyclic amines) is 1. The number of rotatable bonds is 5. The van der Waals surface area contributed by atoms with Gasteiger partial charge in [-0.15, -0.1) is 0 Å². The van der Waals surface area contributed by atoms with Gasteiger partial charge in [0.15, 0.2) is 0 Å². The molecule has 1 unspecified atom stereocenters. The number of piperidine rings is 1. The molecular formula is C19H31N5O. The normalized spacial score (nSPS) is 22.7. The van der Waals surface area contributed by atoms with Crippen LogP contribution in [-0.4, -0.2) is 71.0 Å². The predicted molar refractivity (Wildman–Crippen MR) is 99.6 cm³/mol. The molecule has 6 nitrogen and oxygen atoms in total. The molecule has 1 aromatic rings. The molecule has 3 heterocycles. The Hall–Kier alpha value is -1.69. The zero-order chi connectivity index (χ0) is 17.8. The molecule has 0 spiro atoms. The fourth-order valence-electron chi connectivity index (χ4n) is 3.87. The highest BCUT2D eigenvalue weighted by Crippen LogP contribution is 2.22. The van der Waals surface area contributed by atoms with Gasteiger partial charge >= 0.3 is 0 Å². The standard InChI is InChI=1S/C19H31N5O/c1-4-17-11-18(21-14-20-17)23-9-7-22(8-10-23)12-16-5-6-19(25)24(13-16)15(2)3/h11,14-16H,4-10,12-13H2,1-3H3. The first-order valence-corrected chi connectivity index (χ1v) is 9.64. The number of carbonyl (C=O) groups is 1. The first-order valence-electron chi connectivity index (χ1n) is 9.64. The number of piperazine rings is 1. The van der Waals surface area contributed by atoms with E-state index in [-0.39, 0.29) is 0 Å². The Morgan fingerprint density at radius 1 is 1.20 bits per heavy atom. The first-order chi connectivity index (χ1) is 12.1. The Morgan fingerprint density at radius 3 is 2.64 bits per heavy atom. The molecule has 2 saturated heterocycles. The van der Waals surface area contributed by atoms with E-state index in [1.165, 1.54) is 0 Å². The average molecular weight is 345 g/mol. The highest BCUT2D eigenvalue weighted by molar-refractivity contribution is 5.77. The van der Waals surface area contributed by atoms with Crippen molar-refractivity contribution in [3.05, 3.63) is 18.1 Å². The van der Waals surface area contributed by atoms with Gasteiger partial charge in [-0.3, -0.25) is 9.69 Å². The second-order valence-electron chi connectivity index (χ2n) is 7.55. The van der Waals surface area contributed by atoms with E-state index in [1.807, 2.05) is 0 Å². The van der Waals surface area contributed by atoms with Crippen molar-refractivity contribution in [2.75, 3.05) is 44.2 Å². The molecule has 2 aliphatic heterocycles. The summed E-state index contributed by atoms with van der Waals surface area (Å²) in [6.45, 7) is 12.5. The summed E-state index contributed by atoms with van der Waals surface area (Å²) in [5.41, 5.74) is 1.10. The van der Waals surface area contributed by atoms with Crippen molar-refractivity contribution in [1.82, 2.24) is 19.8 Å². The number of aryl methyl sites for hydroxylation is 1. The Labute approximate surface area is 151 Å². The lowest BCUT2D eigenvalue weighted by molar-refractivity contribution is -0.137. The maximum Gasteiger partial charge on any atom is 0.222 e. The Balaban J connectivity index is 1.50. The summed E-state index contributed by atoms with van der Waals surface area (Å²) in [6, 6.07) is 2.43. The van der Waals surface area contributed by atoms with Crippen LogP contribution in [0.5, 0.6) is 0 Å². The molecule has 138 valence electrons. The van der Waals surface area contributed by atoms with Gasteiger partial charge in [0.25, 0.3) is 0 Å². The second kappa shape index (κ2) is 8.13. The maximum absolute atomic E-state index is 12.0. The summed E-state index contributed by atoms with van der Waals surface area (Å²) >= 11 is 0. The van der Waals surface area contributed by atoms with E-state index in [9.17, 15) is 4.79 Å². The van der Waals surface area contributed by atoms with Crippen molar-refractivity contribution in [2.24, 2.45) is 5.92 Å². The monoisotopic (exact) mass is 345 g/mol. The summed E-state index contributed by atoms with van der Waals surface area (Å²) < 4.78 is 0. The van der Waals surface area contributed by atoms with Crippen molar-refractivity contribution in [2.45, 2.75) is 46.1 Å². The number of aromatic nitrogens is 2. The first kappa shape index (κ1) is 18.1. The molecule has 0 bridgehead atoms. The van der Waals surface area contributed by atoms with E-state index < -0.39 is 0 Å². The lowest BCUT2D eigenvalue weighted by Gasteiger charge is -2.40. The van der Waals surface area contributed by atoms with E-state index in [0.717, 1.165) is 63.6 Å². The van der Waals surface area contributed by atoms with Gasteiger partial charge in [0.2, 0.25) is 5.91 Å². The van der Waals surface area contributed by atoms with Gasteiger partial charge in [-0.25, -0.2) is 9.97 Å². The third kappa shape index (κ3) is 4.48. The molecule has 1 atom stereocenters. The Kier molecular flexibility index (Phi) is 5.89. The molecule has 0 aromatic carbocycles. The molecule has 2 fully saturated rings. The van der Waals surface area contributed by atoms with E-state index in [4.69, 9.17) is 0 Å². The zero-order valence-electron chi connectivity index (χ0n) is 15.8. The van der Waals surface area contributed by atoms with Gasteiger partial charge < -0.3 is 9.80 Å². The molecule has 3 rings (SSSR count). The van der Waals surface area contributed by atoms with Gasteiger partial charge in [-0.05, 0) is 32.6 Å². The van der Waals surface area contributed by atoms with Crippen molar-refractivity contribution in [3.8, 4) is 0 Å². The van der Waals surface area contributed by atoms with Crippen LogP contribution in [0.25, 0.3) is 0 Å². The number of carbonyl (C=O) groups excluding carboxylic acids is 1. The molecule has 25 heavy (non-hydrogen) atoms. The molecule has 0 aliphatic carbocycles. The molecule has 1 aromatic heterocycles. The van der Waals surface area contributed by atoms with Gasteiger partial charge in [-0.2, -0.15) is 0 Å². The van der Waals surface area contributed by atoms with E-state index >= 15 is 0 Å². The fourth-order valence-corrected chi connectivity index (χ4v) is 3.87. The zero-order valence-corrected chi connectivity index (χ0v) is 15.8. The fraction of sp³-hybridized carbons (Fsp3) is 0.737. The largest absolute Gasteiger partial charge is 0.354 e. The van der Waals surface area contributed by atoms with Crippen LogP contribution >= 0.6 is 0 Å². The summed E-state index contributed by atoms with van der Waals surface area (Å²) in [5, 5.41) is 0. The van der Waals surface area contributed by atoms with Gasteiger partial charge in [0.05, 0.1) is 0 Å². The third-order valence-corrected chi connectivity index (χ3v) is 5.45. The van der Waals surface area contributed by atoms with Gasteiger partial charge in [-0.1, -0.05) is 6.92 Å². The number of hydrogen-bond donors (Lipinski definition) is 0. The molecule has 6 heteroatoms. The van der Waals surface area contributed by atoms with Crippen LogP contribution in [0.3, 0.4) is 0 Å². The number of hydrogen-bond acceptors (Lipinski definition) is 5. The molecule has 0 saturated carbocycles. The minimum absolute atomic E-state index is 0.317. The maximum atomic E-state index is 12.0. The lowest BCUT2D eigenvalue weighted by Crippen LogP contribution is -2.51. The van der Waals surface area contributed by atoms with Crippen LogP contribution in [0.4, 0.5) is 5.82 Å². The molecule has 1 amide bonds. The molecular weight excluding hydrogens is 314 g/mol. The Morgan fingerprint density at radius 2 is 1.96 bits per heavy atom. The topological polar surface area (TPSA) is 52.6 Å². The molecule has 2 aliphatic rings. The number of nitrogens with zero attached hydrogens (tertiary/aromatic N) is 5. The highest BCUT2D eigenvalue weighted by Gasteiger charge is 2.29. The number of anilines is 1. The van der Waals surface area contributed by atoms with Crippen LogP contribution in [0, 0.1) is 5.92 Å². The lowest BCUT2D eigenvalue weighted by atomic mass is 9.95. The summed E-state index contributed by atoms with van der Waals surface area (Å²) in [7, 11) is 0. The van der Waals surface area contributed by atoms with Crippen LogP contribution in [-0.2, 0) is 11.2 Å². The van der Waals surface area contributed by atoms with Crippen molar-refractivity contribution >= 4 is 11.7 Å². The molecule has 0 radical (unpaired) electrons. The van der Waals surface area contributed by atoms with Crippen LogP contribution in [0.2, 0.25) is 0 Å². The number of amides is 1. The van der Waals surface area contributed by atoms with Crippen LogP contribution < -0.4 is 4.90 Å². The van der Waals surface area contributed by atoms with Crippen LogP contribution in [0.1, 0.15) is 39.3 Å². The van der Waals surface area contributed by atoms with Gasteiger partial charge in [0, 0.05) is 63.5 Å². The van der Waals surface area contributed by atoms with E-state index in [2.05, 4.69) is 51.5 Å². The quantitative estimate of drug-likeness (QED) is 0.815. The minimum Gasteiger partial charge on any atom is -0.354 e. The third-order valence-electron chi connectivity index (χ3n) is 5.45. The highest BCUT2D eigenvalue weighted by atomic mass is 16.2. The summed E-state index contributed by atoms with van der Waals surface area (Å²) in [6.07, 6.45) is 4.37. The smallest absolute Gasteiger partial charge is 0.222 e. The van der Waals surface area contributed by atoms with Crippen molar-refractivity contribution in [3.63, 3.8) is 0 Å².